The molecule has 2 aromatic rings. The maximum Gasteiger partial charge on any atom is 0.224 e. The number of ether oxygens (including phenoxy) is 1. The summed E-state index contributed by atoms with van der Waals surface area (Å²) >= 11 is 0. The second kappa shape index (κ2) is 5.61. The number of aryl methyl sites for hydroxylation is 1. The van der Waals surface area contributed by atoms with E-state index in [9.17, 15) is 9.18 Å². The first-order valence-corrected chi connectivity index (χ1v) is 5.89. The molecule has 0 saturated carbocycles. The van der Waals surface area contributed by atoms with Crippen LogP contribution in [0, 0.1) is 12.7 Å². The third kappa shape index (κ3) is 2.96. The predicted octanol–water partition coefficient (Wildman–Crippen LogP) is 2.96. The van der Waals surface area contributed by atoms with Gasteiger partial charge in [0.05, 0.1) is 12.7 Å². The molecule has 0 aliphatic rings. The van der Waals surface area contributed by atoms with E-state index in [-0.39, 0.29) is 18.0 Å². The lowest BCUT2D eigenvalue weighted by atomic mass is 10.00. The third-order valence-electron chi connectivity index (χ3n) is 2.93. The molecule has 1 aromatic carbocycles. The molecule has 2 rings (SSSR count). The molecule has 19 heavy (non-hydrogen) atoms. The SMILES string of the molecule is COc1ncccc1C(=O)Cc1cc(F)ccc1C. The summed E-state index contributed by atoms with van der Waals surface area (Å²) in [5, 5.41) is 0. The van der Waals surface area contributed by atoms with E-state index < -0.39 is 0 Å². The molecule has 0 spiro atoms. The first kappa shape index (κ1) is 13.2. The molecular weight excluding hydrogens is 245 g/mol. The number of nitrogens with zero attached hydrogens (tertiary/aromatic N) is 1. The van der Waals surface area contributed by atoms with Gasteiger partial charge in [0, 0.05) is 12.6 Å². The number of benzene rings is 1. The van der Waals surface area contributed by atoms with Crippen molar-refractivity contribution < 1.29 is 13.9 Å². The van der Waals surface area contributed by atoms with Crippen molar-refractivity contribution >= 4 is 5.78 Å². The van der Waals surface area contributed by atoms with E-state index in [0.717, 1.165) is 5.56 Å². The van der Waals surface area contributed by atoms with Crippen LogP contribution in [0.3, 0.4) is 0 Å². The Morgan fingerprint density at radius 3 is 2.89 bits per heavy atom. The number of carbonyl (C=O) groups excluding carboxylic acids is 1. The Morgan fingerprint density at radius 2 is 2.16 bits per heavy atom. The van der Waals surface area contributed by atoms with Gasteiger partial charge in [-0.15, -0.1) is 0 Å². The van der Waals surface area contributed by atoms with Gasteiger partial charge in [0.15, 0.2) is 5.78 Å². The van der Waals surface area contributed by atoms with Crippen molar-refractivity contribution in [1.29, 1.82) is 0 Å². The van der Waals surface area contributed by atoms with Gasteiger partial charge in [-0.2, -0.15) is 0 Å². The Kier molecular flexibility index (Phi) is 3.90. The number of halogens is 1. The minimum atomic E-state index is -0.341. The van der Waals surface area contributed by atoms with Crippen LogP contribution in [-0.4, -0.2) is 17.9 Å². The number of hydrogen-bond acceptors (Lipinski definition) is 3. The Hall–Kier alpha value is -2.23. The number of aromatic nitrogens is 1. The Labute approximate surface area is 111 Å². The molecule has 98 valence electrons. The standard InChI is InChI=1S/C15H14FNO2/c1-10-5-6-12(16)8-11(10)9-14(18)13-4-3-7-17-15(13)19-2/h3-8H,9H2,1-2H3. The van der Waals surface area contributed by atoms with Crippen LogP contribution in [0.5, 0.6) is 5.88 Å². The Bertz CT molecular complexity index is 611. The van der Waals surface area contributed by atoms with Crippen LogP contribution >= 0.6 is 0 Å². The first-order chi connectivity index (χ1) is 9.11. The van der Waals surface area contributed by atoms with E-state index in [1.807, 2.05) is 6.92 Å². The largest absolute Gasteiger partial charge is 0.480 e. The highest BCUT2D eigenvalue weighted by molar-refractivity contribution is 5.99. The smallest absolute Gasteiger partial charge is 0.224 e. The lowest BCUT2D eigenvalue weighted by Gasteiger charge is -2.08. The molecule has 4 heteroatoms. The summed E-state index contributed by atoms with van der Waals surface area (Å²) in [6.45, 7) is 1.85. The van der Waals surface area contributed by atoms with Gasteiger partial charge >= 0.3 is 0 Å². The molecule has 1 aromatic heterocycles. The monoisotopic (exact) mass is 259 g/mol. The zero-order chi connectivity index (χ0) is 13.8. The maximum atomic E-state index is 13.2. The minimum absolute atomic E-state index is 0.131. The van der Waals surface area contributed by atoms with Gasteiger partial charge in [0.1, 0.15) is 5.82 Å². The van der Waals surface area contributed by atoms with Gasteiger partial charge in [-0.1, -0.05) is 6.07 Å². The average molecular weight is 259 g/mol. The van der Waals surface area contributed by atoms with Gasteiger partial charge < -0.3 is 4.74 Å². The maximum absolute atomic E-state index is 13.2. The van der Waals surface area contributed by atoms with E-state index in [2.05, 4.69) is 4.98 Å². The van der Waals surface area contributed by atoms with E-state index in [1.165, 1.54) is 19.2 Å². The molecular formula is C15H14FNO2. The second-order valence-corrected chi connectivity index (χ2v) is 4.23. The quantitative estimate of drug-likeness (QED) is 0.792. The average Bonchev–Trinajstić information content (AvgIpc) is 2.42. The van der Waals surface area contributed by atoms with Crippen LogP contribution in [-0.2, 0) is 6.42 Å². The molecule has 0 N–H and O–H groups in total. The van der Waals surface area contributed by atoms with Gasteiger partial charge in [0.2, 0.25) is 5.88 Å². The van der Waals surface area contributed by atoms with Crippen molar-refractivity contribution in [1.82, 2.24) is 4.98 Å². The molecule has 0 radical (unpaired) electrons. The fraction of sp³-hybridized carbons (Fsp3) is 0.200. The van der Waals surface area contributed by atoms with Crippen molar-refractivity contribution in [2.75, 3.05) is 7.11 Å². The van der Waals surface area contributed by atoms with E-state index in [4.69, 9.17) is 4.74 Å². The van der Waals surface area contributed by atoms with Gasteiger partial charge in [0.25, 0.3) is 0 Å². The van der Waals surface area contributed by atoms with Gasteiger partial charge in [-0.25, -0.2) is 9.37 Å². The van der Waals surface area contributed by atoms with Gasteiger partial charge in [-0.05, 0) is 42.3 Å². The zero-order valence-corrected chi connectivity index (χ0v) is 10.8. The number of methoxy groups -OCH3 is 1. The molecule has 0 aliphatic carbocycles. The molecule has 0 fully saturated rings. The van der Waals surface area contributed by atoms with Crippen molar-refractivity contribution in [3.05, 3.63) is 59.0 Å². The second-order valence-electron chi connectivity index (χ2n) is 4.23. The molecule has 0 bridgehead atoms. The van der Waals surface area contributed by atoms with Crippen LogP contribution < -0.4 is 4.74 Å². The fourth-order valence-corrected chi connectivity index (χ4v) is 1.86. The first-order valence-electron chi connectivity index (χ1n) is 5.89. The van der Waals surface area contributed by atoms with Crippen molar-refractivity contribution in [2.45, 2.75) is 13.3 Å². The van der Waals surface area contributed by atoms with Crippen molar-refractivity contribution in [2.24, 2.45) is 0 Å². The summed E-state index contributed by atoms with van der Waals surface area (Å²) in [5.41, 5.74) is 1.97. The number of rotatable bonds is 4. The number of hydrogen-bond donors (Lipinski definition) is 0. The zero-order valence-electron chi connectivity index (χ0n) is 10.8. The summed E-state index contributed by atoms with van der Waals surface area (Å²) in [4.78, 5) is 16.2. The van der Waals surface area contributed by atoms with Gasteiger partial charge in [-0.3, -0.25) is 4.79 Å². The fourth-order valence-electron chi connectivity index (χ4n) is 1.86. The summed E-state index contributed by atoms with van der Waals surface area (Å²) in [5.74, 6) is -0.188. The predicted molar refractivity (Wildman–Crippen MR) is 70.0 cm³/mol. The van der Waals surface area contributed by atoms with Crippen LogP contribution in [0.15, 0.2) is 36.5 Å². The summed E-state index contributed by atoms with van der Waals surface area (Å²) < 4.78 is 18.2. The Morgan fingerprint density at radius 1 is 1.37 bits per heavy atom. The van der Waals surface area contributed by atoms with Crippen molar-refractivity contribution in [3.63, 3.8) is 0 Å². The lowest BCUT2D eigenvalue weighted by Crippen LogP contribution is -2.08. The molecule has 0 amide bonds. The van der Waals surface area contributed by atoms with Crippen LogP contribution in [0.2, 0.25) is 0 Å². The molecule has 3 nitrogen and oxygen atoms in total. The highest BCUT2D eigenvalue weighted by atomic mass is 19.1. The third-order valence-corrected chi connectivity index (χ3v) is 2.93. The Balaban J connectivity index is 2.28. The number of ketones is 1. The summed E-state index contributed by atoms with van der Waals surface area (Å²) in [6, 6.07) is 7.76. The molecule has 0 atom stereocenters. The number of carbonyl (C=O) groups is 1. The van der Waals surface area contributed by atoms with E-state index >= 15 is 0 Å². The normalized spacial score (nSPS) is 10.3. The van der Waals surface area contributed by atoms with Crippen molar-refractivity contribution in [3.8, 4) is 5.88 Å². The molecule has 0 aliphatic heterocycles. The topological polar surface area (TPSA) is 39.2 Å². The van der Waals surface area contributed by atoms with Crippen LogP contribution in [0.4, 0.5) is 4.39 Å². The lowest BCUT2D eigenvalue weighted by molar-refractivity contribution is 0.0989. The molecule has 0 unspecified atom stereocenters. The highest BCUT2D eigenvalue weighted by Crippen LogP contribution is 2.18. The highest BCUT2D eigenvalue weighted by Gasteiger charge is 2.14. The minimum Gasteiger partial charge on any atom is -0.480 e. The summed E-state index contributed by atoms with van der Waals surface area (Å²) in [7, 11) is 1.46. The van der Waals surface area contributed by atoms with Crippen LogP contribution in [0.25, 0.3) is 0 Å². The number of pyridine rings is 1. The van der Waals surface area contributed by atoms with E-state index in [0.29, 0.717) is 17.0 Å². The summed E-state index contributed by atoms with van der Waals surface area (Å²) in [6.07, 6.45) is 1.69. The number of Topliss-reactive ketones (excluding diaryl/α,β-unsaturated/α-hetero) is 1. The molecule has 0 saturated heterocycles. The van der Waals surface area contributed by atoms with E-state index in [1.54, 1.807) is 24.4 Å². The molecule has 1 heterocycles. The van der Waals surface area contributed by atoms with Crippen LogP contribution in [0.1, 0.15) is 21.5 Å².